The number of sulfonamides is 1. The third-order valence-electron chi connectivity index (χ3n) is 3.78. The van der Waals surface area contributed by atoms with Crippen molar-refractivity contribution in [2.75, 3.05) is 20.2 Å². The van der Waals surface area contributed by atoms with E-state index in [0.717, 1.165) is 12.8 Å². The van der Waals surface area contributed by atoms with Gasteiger partial charge in [-0.3, -0.25) is 4.79 Å². The number of halogens is 1. The number of benzene rings is 1. The molecule has 7 nitrogen and oxygen atoms in total. The number of methoxy groups -OCH3 is 1. The van der Waals surface area contributed by atoms with Crippen molar-refractivity contribution < 1.29 is 22.7 Å². The van der Waals surface area contributed by atoms with Gasteiger partial charge in [-0.05, 0) is 38.0 Å². The van der Waals surface area contributed by atoms with Crippen LogP contribution in [0, 0.1) is 0 Å². The molecule has 0 aliphatic carbocycles. The molecule has 2 rings (SSSR count). The van der Waals surface area contributed by atoms with Crippen LogP contribution in [0.25, 0.3) is 0 Å². The van der Waals surface area contributed by atoms with E-state index in [1.165, 1.54) is 36.5 Å². The summed E-state index contributed by atoms with van der Waals surface area (Å²) in [6, 6.07) is 3.15. The Balaban J connectivity index is 2.28. The lowest BCUT2D eigenvalue weighted by molar-refractivity contribution is -0.142. The molecule has 0 unspecified atom stereocenters. The first-order valence-electron chi connectivity index (χ1n) is 7.45. The van der Waals surface area contributed by atoms with E-state index in [1.807, 2.05) is 0 Å². The SMILES string of the molecule is COC(=O)[C@H](C)NC(=O)c1ccc(Cl)c(S(=O)(=O)N2CCCC2)c1. The Morgan fingerprint density at radius 2 is 1.92 bits per heavy atom. The van der Waals surface area contributed by atoms with Crippen LogP contribution in [-0.4, -0.2) is 50.8 Å². The van der Waals surface area contributed by atoms with Crippen molar-refractivity contribution in [3.05, 3.63) is 28.8 Å². The third-order valence-corrected chi connectivity index (χ3v) is 6.16. The first kappa shape index (κ1) is 18.7. The average Bonchev–Trinajstić information content (AvgIpc) is 3.09. The first-order chi connectivity index (χ1) is 11.3. The minimum atomic E-state index is -3.75. The maximum Gasteiger partial charge on any atom is 0.328 e. The molecular formula is C15H19ClN2O5S. The Morgan fingerprint density at radius 3 is 2.50 bits per heavy atom. The minimum Gasteiger partial charge on any atom is -0.467 e. The number of nitrogens with zero attached hydrogens (tertiary/aromatic N) is 1. The number of amides is 1. The Hall–Kier alpha value is -1.64. The molecule has 132 valence electrons. The number of esters is 1. The van der Waals surface area contributed by atoms with Crippen molar-refractivity contribution in [2.45, 2.75) is 30.7 Å². The topological polar surface area (TPSA) is 92.8 Å². The van der Waals surface area contributed by atoms with Crippen LogP contribution in [0.2, 0.25) is 5.02 Å². The summed E-state index contributed by atoms with van der Waals surface area (Å²) in [6.45, 7) is 2.35. The van der Waals surface area contributed by atoms with E-state index in [1.54, 1.807) is 0 Å². The number of nitrogens with one attached hydrogen (secondary N) is 1. The van der Waals surface area contributed by atoms with Crippen molar-refractivity contribution in [3.63, 3.8) is 0 Å². The fourth-order valence-corrected chi connectivity index (χ4v) is 4.44. The summed E-state index contributed by atoms with van der Waals surface area (Å²) < 4.78 is 31.2. The second-order valence-electron chi connectivity index (χ2n) is 5.47. The molecule has 1 atom stereocenters. The molecule has 0 aromatic heterocycles. The number of ether oxygens (including phenoxy) is 1. The Kier molecular flexibility index (Phi) is 5.84. The molecule has 1 heterocycles. The van der Waals surface area contributed by atoms with Crippen LogP contribution < -0.4 is 5.32 Å². The van der Waals surface area contributed by atoms with E-state index in [4.69, 9.17) is 11.6 Å². The Bertz CT molecular complexity index is 744. The molecule has 24 heavy (non-hydrogen) atoms. The van der Waals surface area contributed by atoms with Crippen molar-refractivity contribution in [3.8, 4) is 0 Å². The standard InChI is InChI=1S/C15H19ClN2O5S/c1-10(15(20)23-2)17-14(19)11-5-6-12(16)13(9-11)24(21,22)18-7-3-4-8-18/h5-6,9-10H,3-4,7-8H2,1-2H3,(H,17,19)/t10-/m0/s1. The minimum absolute atomic E-state index is 0.0551. The van der Waals surface area contributed by atoms with E-state index in [2.05, 4.69) is 10.1 Å². The predicted octanol–water partition coefficient (Wildman–Crippen LogP) is 1.42. The molecule has 1 aromatic rings. The summed E-state index contributed by atoms with van der Waals surface area (Å²) in [7, 11) is -2.53. The molecule has 1 fully saturated rings. The second-order valence-corrected chi connectivity index (χ2v) is 7.79. The lowest BCUT2D eigenvalue weighted by Gasteiger charge is -2.17. The van der Waals surface area contributed by atoms with E-state index < -0.39 is 27.9 Å². The van der Waals surface area contributed by atoms with Gasteiger partial charge in [0.2, 0.25) is 10.0 Å². The molecule has 1 amide bonds. The van der Waals surface area contributed by atoms with Crippen LogP contribution in [0.3, 0.4) is 0 Å². The highest BCUT2D eigenvalue weighted by atomic mass is 35.5. The lowest BCUT2D eigenvalue weighted by Crippen LogP contribution is -2.39. The van der Waals surface area contributed by atoms with Crippen LogP contribution >= 0.6 is 11.6 Å². The number of hydrogen-bond acceptors (Lipinski definition) is 5. The Morgan fingerprint density at radius 1 is 1.29 bits per heavy atom. The molecule has 0 radical (unpaired) electrons. The van der Waals surface area contributed by atoms with Gasteiger partial charge in [-0.2, -0.15) is 4.31 Å². The first-order valence-corrected chi connectivity index (χ1v) is 9.27. The zero-order chi connectivity index (χ0) is 17.9. The van der Waals surface area contributed by atoms with E-state index in [0.29, 0.717) is 13.1 Å². The van der Waals surface area contributed by atoms with Crippen molar-refractivity contribution in [2.24, 2.45) is 0 Å². The van der Waals surface area contributed by atoms with Gasteiger partial charge in [0.05, 0.1) is 12.1 Å². The van der Waals surface area contributed by atoms with Crippen molar-refractivity contribution in [1.82, 2.24) is 9.62 Å². The summed E-state index contributed by atoms with van der Waals surface area (Å²) in [5, 5.41) is 2.50. The van der Waals surface area contributed by atoms with E-state index in [-0.39, 0.29) is 15.5 Å². The maximum atomic E-state index is 12.6. The molecule has 1 aliphatic rings. The molecule has 0 spiro atoms. The molecule has 0 saturated carbocycles. The zero-order valence-electron chi connectivity index (χ0n) is 13.4. The highest BCUT2D eigenvalue weighted by molar-refractivity contribution is 7.89. The van der Waals surface area contributed by atoms with Gasteiger partial charge in [0.15, 0.2) is 0 Å². The van der Waals surface area contributed by atoms with Gasteiger partial charge >= 0.3 is 5.97 Å². The van der Waals surface area contributed by atoms with Crippen LogP contribution in [0.15, 0.2) is 23.1 Å². The normalized spacial score (nSPS) is 16.6. The van der Waals surface area contributed by atoms with Crippen LogP contribution in [0.1, 0.15) is 30.1 Å². The van der Waals surface area contributed by atoms with Gasteiger partial charge in [0.1, 0.15) is 10.9 Å². The lowest BCUT2D eigenvalue weighted by atomic mass is 10.2. The average molecular weight is 375 g/mol. The van der Waals surface area contributed by atoms with Gasteiger partial charge < -0.3 is 10.1 Å². The number of carbonyl (C=O) groups excluding carboxylic acids is 2. The maximum absolute atomic E-state index is 12.6. The van der Waals surface area contributed by atoms with Gasteiger partial charge in [-0.15, -0.1) is 0 Å². The van der Waals surface area contributed by atoms with Crippen LogP contribution in [-0.2, 0) is 19.6 Å². The molecule has 1 aromatic carbocycles. The largest absolute Gasteiger partial charge is 0.467 e. The van der Waals surface area contributed by atoms with Gasteiger partial charge in [-0.25, -0.2) is 13.2 Å². The number of rotatable bonds is 5. The van der Waals surface area contributed by atoms with E-state index >= 15 is 0 Å². The third kappa shape index (κ3) is 3.88. The molecule has 1 aliphatic heterocycles. The van der Waals surface area contributed by atoms with E-state index in [9.17, 15) is 18.0 Å². The molecule has 0 bridgehead atoms. The van der Waals surface area contributed by atoms with Crippen LogP contribution in [0.4, 0.5) is 0 Å². The summed E-state index contributed by atoms with van der Waals surface area (Å²) in [4.78, 5) is 23.5. The fraction of sp³-hybridized carbons (Fsp3) is 0.467. The molecule has 1 N–H and O–H groups in total. The summed E-state index contributed by atoms with van der Waals surface area (Å²) in [6.07, 6.45) is 1.60. The zero-order valence-corrected chi connectivity index (χ0v) is 15.0. The summed E-state index contributed by atoms with van der Waals surface area (Å²) >= 11 is 6.03. The predicted molar refractivity (Wildman–Crippen MR) is 88.4 cm³/mol. The smallest absolute Gasteiger partial charge is 0.328 e. The molecule has 9 heteroatoms. The summed E-state index contributed by atoms with van der Waals surface area (Å²) in [5.74, 6) is -1.18. The highest BCUT2D eigenvalue weighted by Gasteiger charge is 2.30. The van der Waals surface area contributed by atoms with Gasteiger partial charge in [-0.1, -0.05) is 11.6 Å². The monoisotopic (exact) mass is 374 g/mol. The molecule has 1 saturated heterocycles. The van der Waals surface area contributed by atoms with Gasteiger partial charge in [0, 0.05) is 18.7 Å². The quantitative estimate of drug-likeness (QED) is 0.787. The number of carbonyl (C=O) groups is 2. The summed E-state index contributed by atoms with van der Waals surface area (Å²) in [5.41, 5.74) is 0.105. The van der Waals surface area contributed by atoms with Crippen molar-refractivity contribution in [1.29, 1.82) is 0 Å². The fourth-order valence-electron chi connectivity index (χ4n) is 2.43. The second kappa shape index (κ2) is 7.50. The Labute approximate surface area is 146 Å². The van der Waals surface area contributed by atoms with Gasteiger partial charge in [0.25, 0.3) is 5.91 Å². The van der Waals surface area contributed by atoms with Crippen molar-refractivity contribution >= 4 is 33.5 Å². The molecular weight excluding hydrogens is 356 g/mol. The number of hydrogen-bond donors (Lipinski definition) is 1. The van der Waals surface area contributed by atoms with Crippen LogP contribution in [0.5, 0.6) is 0 Å². The highest BCUT2D eigenvalue weighted by Crippen LogP contribution is 2.28.